The van der Waals surface area contributed by atoms with E-state index in [0.717, 1.165) is 33.0 Å². The van der Waals surface area contributed by atoms with Gasteiger partial charge in [-0.1, -0.05) is 47.5 Å². The monoisotopic (exact) mass is 474 g/mol. The van der Waals surface area contributed by atoms with E-state index in [2.05, 4.69) is 5.32 Å². The van der Waals surface area contributed by atoms with Crippen LogP contribution in [0.5, 0.6) is 0 Å². The number of thioether (sulfide) groups is 1. The van der Waals surface area contributed by atoms with Crippen LogP contribution in [0.15, 0.2) is 36.4 Å². The summed E-state index contributed by atoms with van der Waals surface area (Å²) in [5.74, 6) is 1.09. The summed E-state index contributed by atoms with van der Waals surface area (Å²) in [6.07, 6.45) is 1.11. The molecule has 5 nitrogen and oxygen atoms in total. The smallest absolute Gasteiger partial charge is 0.240 e. The second-order valence-electron chi connectivity index (χ2n) is 6.66. The third-order valence-electron chi connectivity index (χ3n) is 4.20. The van der Waals surface area contributed by atoms with Crippen molar-refractivity contribution in [3.8, 4) is 0 Å². The number of aryl methyl sites for hydroxylation is 2. The number of hydrogen-bond acceptors (Lipinski definition) is 4. The molecule has 0 fully saturated rings. The number of carbonyl (C=O) groups excluding carboxylic acids is 1. The Hall–Kier alpha value is -1.41. The number of sulfonamides is 1. The first-order valence-corrected chi connectivity index (χ1v) is 12.7. The van der Waals surface area contributed by atoms with Crippen molar-refractivity contribution in [1.29, 1.82) is 0 Å². The van der Waals surface area contributed by atoms with Crippen molar-refractivity contribution < 1.29 is 13.2 Å². The van der Waals surface area contributed by atoms with Gasteiger partial charge in [-0.15, -0.1) is 0 Å². The van der Waals surface area contributed by atoms with Crippen LogP contribution in [0.1, 0.15) is 16.7 Å². The summed E-state index contributed by atoms with van der Waals surface area (Å²) in [5, 5.41) is 3.83. The molecule has 9 heteroatoms. The number of nitrogens with one attached hydrogen (secondary N) is 1. The molecular formula is C20H24Cl2N2O3S2. The second kappa shape index (κ2) is 10.6. The molecule has 0 aromatic heterocycles. The number of anilines is 1. The van der Waals surface area contributed by atoms with Crippen LogP contribution in [0, 0.1) is 13.8 Å². The van der Waals surface area contributed by atoms with E-state index in [1.54, 1.807) is 17.8 Å². The van der Waals surface area contributed by atoms with Gasteiger partial charge in [-0.05, 0) is 42.7 Å². The molecule has 0 saturated carbocycles. The lowest BCUT2D eigenvalue weighted by Gasteiger charge is -2.25. The fraction of sp³-hybridized carbons (Fsp3) is 0.350. The zero-order valence-electron chi connectivity index (χ0n) is 16.5. The summed E-state index contributed by atoms with van der Waals surface area (Å²) < 4.78 is 25.7. The zero-order chi connectivity index (χ0) is 21.6. The Morgan fingerprint density at radius 1 is 1.10 bits per heavy atom. The normalized spacial score (nSPS) is 11.3. The average molecular weight is 475 g/mol. The first kappa shape index (κ1) is 23.9. The van der Waals surface area contributed by atoms with Crippen molar-refractivity contribution in [3.05, 3.63) is 63.1 Å². The molecule has 0 radical (unpaired) electrons. The molecule has 0 spiro atoms. The third-order valence-corrected chi connectivity index (χ3v) is 7.08. The number of rotatable bonds is 9. The van der Waals surface area contributed by atoms with E-state index < -0.39 is 10.0 Å². The number of nitrogens with zero attached hydrogens (tertiary/aromatic N) is 1. The quantitative estimate of drug-likeness (QED) is 0.545. The Bertz CT molecular complexity index is 961. The molecule has 2 aromatic carbocycles. The predicted molar refractivity (Wildman–Crippen MR) is 124 cm³/mol. The summed E-state index contributed by atoms with van der Waals surface area (Å²) in [4.78, 5) is 12.4. The van der Waals surface area contributed by atoms with Gasteiger partial charge in [-0.25, -0.2) is 8.42 Å². The van der Waals surface area contributed by atoms with E-state index in [0.29, 0.717) is 28.0 Å². The van der Waals surface area contributed by atoms with Crippen molar-refractivity contribution in [3.63, 3.8) is 0 Å². The van der Waals surface area contributed by atoms with Crippen molar-refractivity contribution in [2.45, 2.75) is 19.6 Å². The maximum absolute atomic E-state index is 12.4. The van der Waals surface area contributed by atoms with Gasteiger partial charge in [0, 0.05) is 18.1 Å². The van der Waals surface area contributed by atoms with Crippen molar-refractivity contribution in [1.82, 2.24) is 5.32 Å². The molecule has 0 aliphatic heterocycles. The van der Waals surface area contributed by atoms with E-state index in [1.165, 1.54) is 0 Å². The van der Waals surface area contributed by atoms with Crippen LogP contribution < -0.4 is 9.62 Å². The highest BCUT2D eigenvalue weighted by atomic mass is 35.5. The van der Waals surface area contributed by atoms with Crippen LogP contribution in [0.3, 0.4) is 0 Å². The number of carbonyl (C=O) groups is 1. The zero-order valence-corrected chi connectivity index (χ0v) is 19.7. The minimum absolute atomic E-state index is 0.248. The van der Waals surface area contributed by atoms with Gasteiger partial charge in [-0.2, -0.15) is 11.8 Å². The van der Waals surface area contributed by atoms with E-state index in [4.69, 9.17) is 23.2 Å². The van der Waals surface area contributed by atoms with E-state index in [-0.39, 0.29) is 12.5 Å². The molecule has 2 aromatic rings. The van der Waals surface area contributed by atoms with Crippen LogP contribution in [-0.2, 0) is 20.6 Å². The fourth-order valence-electron chi connectivity index (χ4n) is 2.83. The van der Waals surface area contributed by atoms with Crippen LogP contribution in [-0.4, -0.2) is 39.4 Å². The van der Waals surface area contributed by atoms with Crippen molar-refractivity contribution in [2.75, 3.05) is 29.4 Å². The Balaban J connectivity index is 1.88. The van der Waals surface area contributed by atoms with Gasteiger partial charge in [0.25, 0.3) is 0 Å². The molecule has 1 N–H and O–H groups in total. The number of benzene rings is 2. The highest BCUT2D eigenvalue weighted by molar-refractivity contribution is 7.98. The lowest BCUT2D eigenvalue weighted by Crippen LogP contribution is -2.41. The second-order valence-corrected chi connectivity index (χ2v) is 10.5. The first-order valence-electron chi connectivity index (χ1n) is 8.92. The molecule has 0 aliphatic rings. The summed E-state index contributed by atoms with van der Waals surface area (Å²) in [5.41, 5.74) is 3.22. The van der Waals surface area contributed by atoms with Gasteiger partial charge in [0.2, 0.25) is 15.9 Å². The first-order chi connectivity index (χ1) is 13.6. The average Bonchev–Trinajstić information content (AvgIpc) is 2.62. The summed E-state index contributed by atoms with van der Waals surface area (Å²) >= 11 is 13.5. The Kier molecular flexibility index (Phi) is 8.70. The minimum atomic E-state index is -3.59. The highest BCUT2D eigenvalue weighted by Crippen LogP contribution is 2.26. The molecule has 1 amide bonds. The predicted octanol–water partition coefficient (Wildman–Crippen LogP) is 4.43. The molecule has 2 rings (SSSR count). The van der Waals surface area contributed by atoms with Gasteiger partial charge < -0.3 is 5.32 Å². The third kappa shape index (κ3) is 7.10. The molecule has 0 saturated heterocycles. The van der Waals surface area contributed by atoms with Crippen LogP contribution >= 0.6 is 35.0 Å². The van der Waals surface area contributed by atoms with E-state index in [1.807, 2.05) is 44.2 Å². The number of hydrogen-bond donors (Lipinski definition) is 1. The van der Waals surface area contributed by atoms with E-state index >= 15 is 0 Å². The van der Waals surface area contributed by atoms with Crippen molar-refractivity contribution in [2.24, 2.45) is 0 Å². The molecule has 0 heterocycles. The number of halogens is 2. The SMILES string of the molecule is Cc1cccc(C)c1N(CC(=O)NCCSCc1ccc(Cl)c(Cl)c1)S(C)(=O)=O. The van der Waals surface area contributed by atoms with Gasteiger partial charge in [0.05, 0.1) is 22.0 Å². The largest absolute Gasteiger partial charge is 0.354 e. The topological polar surface area (TPSA) is 66.5 Å². The summed E-state index contributed by atoms with van der Waals surface area (Å²) in [7, 11) is -3.59. The van der Waals surface area contributed by atoms with Gasteiger partial charge in [0.15, 0.2) is 0 Å². The van der Waals surface area contributed by atoms with Gasteiger partial charge in [0.1, 0.15) is 6.54 Å². The van der Waals surface area contributed by atoms with Crippen LogP contribution in [0.25, 0.3) is 0 Å². The highest BCUT2D eigenvalue weighted by Gasteiger charge is 2.23. The fourth-order valence-corrected chi connectivity index (χ4v) is 4.93. The van der Waals surface area contributed by atoms with Gasteiger partial charge >= 0.3 is 0 Å². The molecule has 29 heavy (non-hydrogen) atoms. The van der Waals surface area contributed by atoms with E-state index in [9.17, 15) is 13.2 Å². The van der Waals surface area contributed by atoms with Crippen LogP contribution in [0.2, 0.25) is 10.0 Å². The number of amides is 1. The summed E-state index contributed by atoms with van der Waals surface area (Å²) in [6.45, 7) is 3.85. The molecule has 0 atom stereocenters. The number of para-hydroxylation sites is 1. The van der Waals surface area contributed by atoms with Crippen molar-refractivity contribution >= 4 is 56.6 Å². The molecule has 0 aliphatic carbocycles. The molecular weight excluding hydrogens is 451 g/mol. The molecule has 0 unspecified atom stereocenters. The van der Waals surface area contributed by atoms with Gasteiger partial charge in [-0.3, -0.25) is 9.10 Å². The Morgan fingerprint density at radius 2 is 1.76 bits per heavy atom. The minimum Gasteiger partial charge on any atom is -0.354 e. The maximum Gasteiger partial charge on any atom is 0.240 e. The van der Waals surface area contributed by atoms with Crippen LogP contribution in [0.4, 0.5) is 5.69 Å². The maximum atomic E-state index is 12.4. The Morgan fingerprint density at radius 3 is 2.34 bits per heavy atom. The molecule has 0 bridgehead atoms. The lowest BCUT2D eigenvalue weighted by atomic mass is 10.1. The standard InChI is InChI=1S/C20H24Cl2N2O3S2/c1-14-5-4-6-15(2)20(14)24(29(3,26)27)12-19(25)23-9-10-28-13-16-7-8-17(21)18(22)11-16/h4-8,11H,9-10,12-13H2,1-3H3,(H,23,25). The Labute approximate surface area is 186 Å². The molecule has 158 valence electrons. The summed E-state index contributed by atoms with van der Waals surface area (Å²) in [6, 6.07) is 11.0. The lowest BCUT2D eigenvalue weighted by molar-refractivity contribution is -0.119.